The number of nitrogen functional groups attached to an aromatic ring is 1. The minimum absolute atomic E-state index is 0.277. The van der Waals surface area contributed by atoms with E-state index in [1.54, 1.807) is 18.2 Å². The summed E-state index contributed by atoms with van der Waals surface area (Å²) in [4.78, 5) is 3.99. The summed E-state index contributed by atoms with van der Waals surface area (Å²) in [5.74, 6) is 0.759. The lowest BCUT2D eigenvalue weighted by atomic mass is 10.3. The van der Waals surface area contributed by atoms with Gasteiger partial charge in [-0.1, -0.05) is 39.1 Å². The van der Waals surface area contributed by atoms with Crippen LogP contribution in [0.25, 0.3) is 0 Å². The van der Waals surface area contributed by atoms with E-state index in [0.717, 1.165) is 4.47 Å². The summed E-state index contributed by atoms with van der Waals surface area (Å²) in [5.41, 5.74) is 6.08. The first-order valence-electron chi connectivity index (χ1n) is 4.60. The third-order valence-electron chi connectivity index (χ3n) is 1.95. The van der Waals surface area contributed by atoms with Gasteiger partial charge in [-0.2, -0.15) is 0 Å². The van der Waals surface area contributed by atoms with Crippen molar-refractivity contribution in [3.63, 3.8) is 0 Å². The Morgan fingerprint density at radius 1 is 1.24 bits per heavy atom. The van der Waals surface area contributed by atoms with Crippen molar-refractivity contribution in [2.45, 2.75) is 0 Å². The molecule has 0 saturated heterocycles. The Labute approximate surface area is 117 Å². The zero-order valence-corrected chi connectivity index (χ0v) is 11.6. The van der Waals surface area contributed by atoms with Gasteiger partial charge in [-0.15, -0.1) is 0 Å². The number of nitrogens with two attached hydrogens (primary N) is 1. The van der Waals surface area contributed by atoms with E-state index in [0.29, 0.717) is 21.5 Å². The highest BCUT2D eigenvalue weighted by Gasteiger charge is 2.08. The maximum Gasteiger partial charge on any atom is 0.242 e. The molecule has 0 unspecified atom stereocenters. The third-order valence-corrected chi connectivity index (χ3v) is 2.94. The molecule has 0 radical (unpaired) electrons. The molecule has 0 saturated carbocycles. The highest BCUT2D eigenvalue weighted by molar-refractivity contribution is 9.10. The lowest BCUT2D eigenvalue weighted by molar-refractivity contribution is 0.466. The third kappa shape index (κ3) is 3.03. The number of benzene rings is 1. The monoisotopic (exact) mass is 332 g/mol. The standard InChI is InChI=1S/C11H7BrCl2N2O/c12-6-1-2-10(8(14)3-6)17-11-9(15)4-7(13)5-16-11/h1-5H,15H2. The van der Waals surface area contributed by atoms with Crippen molar-refractivity contribution >= 4 is 44.8 Å². The molecule has 1 aromatic carbocycles. The van der Waals surface area contributed by atoms with Crippen LogP contribution in [-0.4, -0.2) is 4.98 Å². The molecule has 2 rings (SSSR count). The van der Waals surface area contributed by atoms with Crippen molar-refractivity contribution in [1.29, 1.82) is 0 Å². The Bertz CT molecular complexity index is 514. The molecule has 1 aromatic heterocycles. The molecule has 0 aliphatic carbocycles. The van der Waals surface area contributed by atoms with Gasteiger partial charge >= 0.3 is 0 Å². The molecule has 88 valence electrons. The molecule has 0 fully saturated rings. The number of hydrogen-bond acceptors (Lipinski definition) is 3. The smallest absolute Gasteiger partial charge is 0.242 e. The second-order valence-corrected chi connectivity index (χ2v) is 4.98. The Balaban J connectivity index is 2.31. The van der Waals surface area contributed by atoms with Crippen LogP contribution in [0.2, 0.25) is 10.0 Å². The summed E-state index contributed by atoms with van der Waals surface area (Å²) < 4.78 is 6.37. The van der Waals surface area contributed by atoms with Crippen LogP contribution in [0.5, 0.6) is 11.6 Å². The van der Waals surface area contributed by atoms with Crippen LogP contribution in [0.15, 0.2) is 34.9 Å². The van der Waals surface area contributed by atoms with Crippen LogP contribution in [-0.2, 0) is 0 Å². The first kappa shape index (κ1) is 12.5. The first-order chi connectivity index (χ1) is 8.06. The van der Waals surface area contributed by atoms with E-state index < -0.39 is 0 Å². The van der Waals surface area contributed by atoms with Crippen LogP contribution in [0.1, 0.15) is 0 Å². The van der Waals surface area contributed by atoms with Crippen molar-refractivity contribution in [1.82, 2.24) is 4.98 Å². The van der Waals surface area contributed by atoms with Gasteiger partial charge in [0.25, 0.3) is 0 Å². The predicted molar refractivity (Wildman–Crippen MR) is 72.9 cm³/mol. The van der Waals surface area contributed by atoms with E-state index in [-0.39, 0.29) is 5.88 Å². The average molecular weight is 334 g/mol. The number of hydrogen-bond donors (Lipinski definition) is 1. The molecule has 6 heteroatoms. The number of aromatic nitrogens is 1. The van der Waals surface area contributed by atoms with Gasteiger partial charge in [0.05, 0.1) is 15.7 Å². The van der Waals surface area contributed by atoms with E-state index in [9.17, 15) is 0 Å². The summed E-state index contributed by atoms with van der Waals surface area (Å²) >= 11 is 15.1. The zero-order valence-electron chi connectivity index (χ0n) is 8.45. The molecule has 1 heterocycles. The molecule has 3 nitrogen and oxygen atoms in total. The number of pyridine rings is 1. The number of rotatable bonds is 2. The Hall–Kier alpha value is -0.970. The summed E-state index contributed by atoms with van der Waals surface area (Å²) in [7, 11) is 0. The van der Waals surface area contributed by atoms with Crippen molar-refractivity contribution in [2.24, 2.45) is 0 Å². The fourth-order valence-corrected chi connectivity index (χ4v) is 2.07. The molecule has 0 bridgehead atoms. The second-order valence-electron chi connectivity index (χ2n) is 3.22. The quantitative estimate of drug-likeness (QED) is 0.878. The van der Waals surface area contributed by atoms with Crippen LogP contribution in [0, 0.1) is 0 Å². The largest absolute Gasteiger partial charge is 0.435 e. The molecule has 0 atom stereocenters. The SMILES string of the molecule is Nc1cc(Cl)cnc1Oc1ccc(Br)cc1Cl. The number of anilines is 1. The van der Waals surface area contributed by atoms with Gasteiger partial charge in [0.15, 0.2) is 0 Å². The normalized spacial score (nSPS) is 10.3. The fraction of sp³-hybridized carbons (Fsp3) is 0. The lowest BCUT2D eigenvalue weighted by Crippen LogP contribution is -1.95. The van der Waals surface area contributed by atoms with Crippen molar-refractivity contribution in [3.05, 3.63) is 45.0 Å². The second kappa shape index (κ2) is 5.12. The Morgan fingerprint density at radius 2 is 2.00 bits per heavy atom. The first-order valence-corrected chi connectivity index (χ1v) is 6.15. The van der Waals surface area contributed by atoms with Gasteiger partial charge < -0.3 is 10.5 Å². The highest BCUT2D eigenvalue weighted by atomic mass is 79.9. The summed E-state index contributed by atoms with van der Waals surface area (Å²) in [6.45, 7) is 0. The molecule has 2 aromatic rings. The summed E-state index contributed by atoms with van der Waals surface area (Å²) in [6, 6.07) is 6.83. The minimum Gasteiger partial charge on any atom is -0.435 e. The van der Waals surface area contributed by atoms with E-state index >= 15 is 0 Å². The van der Waals surface area contributed by atoms with E-state index in [4.69, 9.17) is 33.7 Å². The molecule has 2 N–H and O–H groups in total. The molecule has 0 aliphatic heterocycles. The van der Waals surface area contributed by atoms with Gasteiger partial charge in [0.2, 0.25) is 5.88 Å². The van der Waals surface area contributed by atoms with Gasteiger partial charge in [-0.05, 0) is 24.3 Å². The Kier molecular flexibility index (Phi) is 3.76. The van der Waals surface area contributed by atoms with Gasteiger partial charge in [-0.25, -0.2) is 4.98 Å². The summed E-state index contributed by atoms with van der Waals surface area (Å²) in [6.07, 6.45) is 1.46. The van der Waals surface area contributed by atoms with E-state index in [1.807, 2.05) is 6.07 Å². The van der Waals surface area contributed by atoms with Gasteiger partial charge in [0, 0.05) is 10.7 Å². The molecular formula is C11H7BrCl2N2O. The van der Waals surface area contributed by atoms with Crippen LogP contribution >= 0.6 is 39.1 Å². The highest BCUT2D eigenvalue weighted by Crippen LogP contribution is 2.33. The fourth-order valence-electron chi connectivity index (χ4n) is 1.19. The van der Waals surface area contributed by atoms with Crippen molar-refractivity contribution < 1.29 is 4.74 Å². The molecular weight excluding hydrogens is 327 g/mol. The lowest BCUT2D eigenvalue weighted by Gasteiger charge is -2.08. The topological polar surface area (TPSA) is 48.1 Å². The zero-order chi connectivity index (χ0) is 12.4. The van der Waals surface area contributed by atoms with Crippen LogP contribution in [0.4, 0.5) is 5.69 Å². The average Bonchev–Trinajstić information content (AvgIpc) is 2.25. The minimum atomic E-state index is 0.277. The van der Waals surface area contributed by atoms with E-state index in [2.05, 4.69) is 20.9 Å². The number of halogens is 3. The molecule has 0 amide bonds. The van der Waals surface area contributed by atoms with Crippen LogP contribution < -0.4 is 10.5 Å². The molecule has 0 aliphatic rings. The maximum atomic E-state index is 6.01. The maximum absolute atomic E-state index is 6.01. The van der Waals surface area contributed by atoms with Gasteiger partial charge in [0.1, 0.15) is 5.75 Å². The Morgan fingerprint density at radius 3 is 2.65 bits per heavy atom. The van der Waals surface area contributed by atoms with E-state index in [1.165, 1.54) is 6.20 Å². The van der Waals surface area contributed by atoms with Crippen LogP contribution in [0.3, 0.4) is 0 Å². The molecule has 17 heavy (non-hydrogen) atoms. The van der Waals surface area contributed by atoms with Crippen molar-refractivity contribution in [2.75, 3.05) is 5.73 Å². The predicted octanol–water partition coefficient (Wildman–Crippen LogP) is 4.53. The van der Waals surface area contributed by atoms with Crippen molar-refractivity contribution in [3.8, 4) is 11.6 Å². The summed E-state index contributed by atoms with van der Waals surface area (Å²) in [5, 5.41) is 0.923. The number of nitrogens with zero attached hydrogens (tertiary/aromatic N) is 1. The number of ether oxygens (including phenoxy) is 1. The molecule has 0 spiro atoms. The van der Waals surface area contributed by atoms with Gasteiger partial charge in [-0.3, -0.25) is 0 Å².